The van der Waals surface area contributed by atoms with Crippen LogP contribution in [0.3, 0.4) is 0 Å². The molecule has 1 heteroatoms. The van der Waals surface area contributed by atoms with Crippen LogP contribution in [0.1, 0.15) is 0 Å². The quantitative estimate of drug-likeness (QED) is 0.281. The van der Waals surface area contributed by atoms with E-state index in [2.05, 4.69) is 97.1 Å². The van der Waals surface area contributed by atoms with Crippen LogP contribution in [-0.2, 0) is 0 Å². The second kappa shape index (κ2) is 5.90. The van der Waals surface area contributed by atoms with E-state index in [4.69, 9.17) is 4.98 Å². The first-order valence-electron chi connectivity index (χ1n) is 9.57. The highest BCUT2D eigenvalue weighted by Gasteiger charge is 2.10. The van der Waals surface area contributed by atoms with Crippen molar-refractivity contribution in [2.24, 2.45) is 0 Å². The van der Waals surface area contributed by atoms with Crippen LogP contribution < -0.4 is 0 Å². The third kappa shape index (κ3) is 2.23. The fourth-order valence-electron chi connectivity index (χ4n) is 4.31. The van der Waals surface area contributed by atoms with Crippen molar-refractivity contribution in [3.8, 4) is 11.3 Å². The Morgan fingerprint density at radius 3 is 1.71 bits per heavy atom. The number of aromatic nitrogens is 1. The minimum atomic E-state index is 1.01. The van der Waals surface area contributed by atoms with Crippen molar-refractivity contribution in [3.05, 3.63) is 103 Å². The van der Waals surface area contributed by atoms with Crippen LogP contribution in [0.5, 0.6) is 0 Å². The smallest absolute Gasteiger partial charge is 0.0708 e. The molecule has 0 bridgehead atoms. The normalized spacial score (nSPS) is 11.6. The van der Waals surface area contributed by atoms with Crippen LogP contribution in [0.4, 0.5) is 0 Å². The molecule has 0 aliphatic carbocycles. The summed E-state index contributed by atoms with van der Waals surface area (Å²) in [6, 6.07) is 34.6. The van der Waals surface area contributed by atoms with Gasteiger partial charge >= 0.3 is 0 Å². The Hall–Kier alpha value is -3.71. The standard InChI is InChI=1S/C27H17N/c1-2-8-19-15-20(14-13-18(19)7-1)27-16-25-23-11-5-3-9-21(23)22-10-4-6-12-24(22)26(25)17-28-27/h1-17H. The number of benzene rings is 5. The third-order valence-electron chi connectivity index (χ3n) is 5.67. The van der Waals surface area contributed by atoms with Crippen molar-refractivity contribution in [2.45, 2.75) is 0 Å². The van der Waals surface area contributed by atoms with E-state index < -0.39 is 0 Å². The molecule has 5 aromatic carbocycles. The highest BCUT2D eigenvalue weighted by atomic mass is 14.7. The van der Waals surface area contributed by atoms with Gasteiger partial charge in [-0.1, -0.05) is 84.9 Å². The maximum absolute atomic E-state index is 4.84. The Labute approximate surface area is 162 Å². The van der Waals surface area contributed by atoms with Crippen molar-refractivity contribution in [1.82, 2.24) is 4.98 Å². The largest absolute Gasteiger partial charge is 0.256 e. The van der Waals surface area contributed by atoms with E-state index in [0.717, 1.165) is 11.3 Å². The second-order valence-corrected chi connectivity index (χ2v) is 7.27. The van der Waals surface area contributed by atoms with Crippen molar-refractivity contribution in [3.63, 3.8) is 0 Å². The van der Waals surface area contributed by atoms with Crippen molar-refractivity contribution < 1.29 is 0 Å². The molecule has 0 unspecified atom stereocenters. The average Bonchev–Trinajstić information content (AvgIpc) is 2.78. The van der Waals surface area contributed by atoms with Gasteiger partial charge in [0.15, 0.2) is 0 Å². The van der Waals surface area contributed by atoms with Crippen LogP contribution in [-0.4, -0.2) is 4.98 Å². The summed E-state index contributed by atoms with van der Waals surface area (Å²) in [6.45, 7) is 0. The molecule has 0 spiro atoms. The van der Waals surface area contributed by atoms with Gasteiger partial charge in [-0.3, -0.25) is 4.98 Å². The zero-order chi connectivity index (χ0) is 18.5. The zero-order valence-electron chi connectivity index (χ0n) is 15.3. The van der Waals surface area contributed by atoms with Gasteiger partial charge in [-0.05, 0) is 49.8 Å². The maximum atomic E-state index is 4.84. The molecule has 1 aromatic heterocycles. The molecular weight excluding hydrogens is 338 g/mol. The number of hydrogen-bond acceptors (Lipinski definition) is 1. The summed E-state index contributed by atoms with van der Waals surface area (Å²) in [5.74, 6) is 0. The lowest BCUT2D eigenvalue weighted by molar-refractivity contribution is 1.36. The minimum absolute atomic E-state index is 1.01. The molecular formula is C27H17N. The molecule has 0 radical (unpaired) electrons. The summed E-state index contributed by atoms with van der Waals surface area (Å²) >= 11 is 0. The van der Waals surface area contributed by atoms with E-state index >= 15 is 0 Å². The Balaban J connectivity index is 1.70. The molecule has 6 aromatic rings. The summed E-state index contributed by atoms with van der Waals surface area (Å²) in [7, 11) is 0. The van der Waals surface area contributed by atoms with Crippen LogP contribution in [0.2, 0.25) is 0 Å². The van der Waals surface area contributed by atoms with Gasteiger partial charge in [0.25, 0.3) is 0 Å². The number of nitrogens with zero attached hydrogens (tertiary/aromatic N) is 1. The highest BCUT2D eigenvalue weighted by molar-refractivity contribution is 6.25. The van der Waals surface area contributed by atoms with E-state index in [0.29, 0.717) is 0 Å². The summed E-state index contributed by atoms with van der Waals surface area (Å²) in [4.78, 5) is 4.84. The number of fused-ring (bicyclic) bond motifs is 7. The van der Waals surface area contributed by atoms with Crippen LogP contribution in [0.15, 0.2) is 103 Å². The molecule has 0 saturated heterocycles. The molecule has 0 fully saturated rings. The molecule has 130 valence electrons. The van der Waals surface area contributed by atoms with Crippen LogP contribution >= 0.6 is 0 Å². The van der Waals surface area contributed by atoms with Gasteiger partial charge in [0.05, 0.1) is 5.69 Å². The molecule has 1 nitrogen and oxygen atoms in total. The van der Waals surface area contributed by atoms with Crippen molar-refractivity contribution in [2.75, 3.05) is 0 Å². The molecule has 0 atom stereocenters. The van der Waals surface area contributed by atoms with E-state index in [9.17, 15) is 0 Å². The van der Waals surface area contributed by atoms with Gasteiger partial charge in [-0.25, -0.2) is 0 Å². The predicted molar refractivity (Wildman–Crippen MR) is 120 cm³/mol. The molecule has 6 rings (SSSR count). The number of rotatable bonds is 1. The first kappa shape index (κ1) is 15.4. The SMILES string of the molecule is c1ccc2cc(-c3cc4c5ccccc5c5ccccc5c4cn3)ccc2c1. The van der Waals surface area contributed by atoms with Gasteiger partial charge in [-0.2, -0.15) is 0 Å². The maximum Gasteiger partial charge on any atom is 0.0708 e. The predicted octanol–water partition coefficient (Wildman–Crippen LogP) is 7.36. The molecule has 0 saturated carbocycles. The van der Waals surface area contributed by atoms with Crippen LogP contribution in [0, 0.1) is 0 Å². The van der Waals surface area contributed by atoms with E-state index in [1.54, 1.807) is 0 Å². The van der Waals surface area contributed by atoms with Gasteiger partial charge in [0, 0.05) is 17.1 Å². The zero-order valence-corrected chi connectivity index (χ0v) is 15.3. The number of hydrogen-bond donors (Lipinski definition) is 0. The lowest BCUT2D eigenvalue weighted by atomic mass is 9.94. The third-order valence-corrected chi connectivity index (χ3v) is 5.67. The summed E-state index contributed by atoms with van der Waals surface area (Å²) in [6.07, 6.45) is 2.04. The average molecular weight is 355 g/mol. The van der Waals surface area contributed by atoms with Crippen LogP contribution in [0.25, 0.3) is 54.3 Å². The van der Waals surface area contributed by atoms with Crippen molar-refractivity contribution >= 4 is 43.1 Å². The fourth-order valence-corrected chi connectivity index (χ4v) is 4.31. The highest BCUT2D eigenvalue weighted by Crippen LogP contribution is 2.36. The Kier molecular flexibility index (Phi) is 3.24. The van der Waals surface area contributed by atoms with Gasteiger partial charge in [0.1, 0.15) is 0 Å². The monoisotopic (exact) mass is 355 g/mol. The second-order valence-electron chi connectivity index (χ2n) is 7.27. The topological polar surface area (TPSA) is 12.9 Å². The molecule has 0 aliphatic heterocycles. The lowest BCUT2D eigenvalue weighted by Crippen LogP contribution is -1.88. The Morgan fingerprint density at radius 2 is 1.00 bits per heavy atom. The van der Waals surface area contributed by atoms with E-state index in [1.165, 1.54) is 43.1 Å². The van der Waals surface area contributed by atoms with E-state index in [1.807, 2.05) is 6.20 Å². The van der Waals surface area contributed by atoms with Gasteiger partial charge < -0.3 is 0 Å². The van der Waals surface area contributed by atoms with Gasteiger partial charge in [0.2, 0.25) is 0 Å². The minimum Gasteiger partial charge on any atom is -0.256 e. The van der Waals surface area contributed by atoms with E-state index in [-0.39, 0.29) is 0 Å². The molecule has 1 heterocycles. The Bertz CT molecular complexity index is 1480. The molecule has 28 heavy (non-hydrogen) atoms. The summed E-state index contributed by atoms with van der Waals surface area (Å²) in [5, 5.41) is 10.1. The van der Waals surface area contributed by atoms with Crippen molar-refractivity contribution in [1.29, 1.82) is 0 Å². The fraction of sp³-hybridized carbons (Fsp3) is 0. The summed E-state index contributed by atoms with van der Waals surface area (Å²) < 4.78 is 0. The molecule has 0 amide bonds. The first-order chi connectivity index (χ1) is 13.9. The lowest BCUT2D eigenvalue weighted by Gasteiger charge is -2.11. The molecule has 0 N–H and O–H groups in total. The Morgan fingerprint density at radius 1 is 0.429 bits per heavy atom. The van der Waals surface area contributed by atoms with Gasteiger partial charge in [-0.15, -0.1) is 0 Å². The summed E-state index contributed by atoms with van der Waals surface area (Å²) in [5.41, 5.74) is 2.16. The first-order valence-corrected chi connectivity index (χ1v) is 9.57. The number of pyridine rings is 1. The molecule has 0 aliphatic rings.